The highest BCUT2D eigenvalue weighted by molar-refractivity contribution is 5.81. The molecule has 3 saturated heterocycles. The fraction of sp³-hybridized carbons (Fsp3) is 0.412. The highest BCUT2D eigenvalue weighted by Gasteiger charge is 2.42. The summed E-state index contributed by atoms with van der Waals surface area (Å²) in [5.41, 5.74) is 2.94. The Morgan fingerprint density at radius 2 is 1.63 bits per heavy atom. The van der Waals surface area contributed by atoms with E-state index in [0.717, 1.165) is 67.6 Å². The first-order valence-corrected chi connectivity index (χ1v) is 14.8. The molecule has 1 unspecified atom stereocenters. The van der Waals surface area contributed by atoms with Gasteiger partial charge < -0.3 is 19.9 Å². The summed E-state index contributed by atoms with van der Waals surface area (Å²) in [6.45, 7) is 3.36. The predicted octanol–water partition coefficient (Wildman–Crippen LogP) is 6.07. The van der Waals surface area contributed by atoms with E-state index in [2.05, 4.69) is 10.2 Å². The zero-order valence-corrected chi connectivity index (χ0v) is 23.3. The molecule has 1 aliphatic carbocycles. The molecule has 4 fully saturated rings. The molecule has 2 atom stereocenters. The van der Waals surface area contributed by atoms with Crippen LogP contribution in [-0.4, -0.2) is 47.8 Å². The monoisotopic (exact) mass is 554 g/mol. The zero-order valence-electron chi connectivity index (χ0n) is 23.3. The molecule has 214 valence electrons. The lowest BCUT2D eigenvalue weighted by Crippen LogP contribution is -2.52. The minimum atomic E-state index is -0.761. The second-order valence-electron chi connectivity index (χ2n) is 11.7. The molecule has 3 aromatic carbocycles. The van der Waals surface area contributed by atoms with Gasteiger partial charge in [0, 0.05) is 6.54 Å². The quantitative estimate of drug-likeness (QED) is 0.334. The average Bonchev–Trinajstić information content (AvgIpc) is 3.52. The van der Waals surface area contributed by atoms with Crippen molar-refractivity contribution in [2.75, 3.05) is 19.6 Å². The van der Waals surface area contributed by atoms with Gasteiger partial charge in [-0.3, -0.25) is 9.69 Å². The third kappa shape index (κ3) is 5.96. The van der Waals surface area contributed by atoms with Gasteiger partial charge in [0.1, 0.15) is 18.5 Å². The van der Waals surface area contributed by atoms with E-state index in [1.54, 1.807) is 0 Å². The number of benzene rings is 3. The van der Waals surface area contributed by atoms with Crippen molar-refractivity contribution >= 4 is 12.1 Å². The van der Waals surface area contributed by atoms with Crippen LogP contribution < -0.4 is 10.1 Å². The van der Waals surface area contributed by atoms with Gasteiger partial charge in [-0.2, -0.15) is 0 Å². The van der Waals surface area contributed by atoms with Crippen LogP contribution in [-0.2, 0) is 21.6 Å². The van der Waals surface area contributed by atoms with Crippen molar-refractivity contribution in [3.8, 4) is 5.75 Å². The maximum atomic E-state index is 13.1. The van der Waals surface area contributed by atoms with Crippen LogP contribution in [0.3, 0.4) is 0 Å². The van der Waals surface area contributed by atoms with Gasteiger partial charge in [-0.05, 0) is 79.1 Å². The number of aliphatic carboxylic acids is 1. The lowest BCUT2D eigenvalue weighted by atomic mass is 9.79. The smallest absolute Gasteiger partial charge is 0.408 e. The van der Waals surface area contributed by atoms with Crippen molar-refractivity contribution in [2.24, 2.45) is 5.92 Å². The summed E-state index contributed by atoms with van der Waals surface area (Å²) in [6.07, 6.45) is 4.99. The zero-order chi connectivity index (χ0) is 28.2. The number of carbonyl (C=O) groups excluding carboxylic acids is 1. The number of amides is 1. The van der Waals surface area contributed by atoms with Crippen molar-refractivity contribution in [1.82, 2.24) is 10.2 Å². The number of carboxylic acid groups (broad SMARTS) is 1. The lowest BCUT2D eigenvalue weighted by molar-refractivity contribution is -0.143. The standard InChI is InChI=1S/C34H38N2O5/c37-32(38)34(17-4-5-18-34)28-13-11-24(12-14-28)23-40-29-10-6-9-27(21-29)31(26-7-2-1-3-8-26)35-33(39)41-30-22-36-19-15-25(30)16-20-36/h1-3,6-14,21,25,30-31H,4-5,15-20,22-23H2,(H,35,39)(H,37,38)/t30-,31?/m0/s1. The van der Waals surface area contributed by atoms with E-state index in [-0.39, 0.29) is 12.1 Å². The number of nitrogens with zero attached hydrogens (tertiary/aromatic N) is 1. The number of carbonyl (C=O) groups is 2. The second-order valence-corrected chi connectivity index (χ2v) is 11.7. The Balaban J connectivity index is 1.14. The van der Waals surface area contributed by atoms with E-state index in [9.17, 15) is 14.7 Å². The minimum Gasteiger partial charge on any atom is -0.489 e. The number of piperidine rings is 3. The fourth-order valence-electron chi connectivity index (χ4n) is 6.81. The number of hydrogen-bond donors (Lipinski definition) is 2. The molecule has 0 spiro atoms. The lowest BCUT2D eigenvalue weighted by Gasteiger charge is -2.43. The Labute approximate surface area is 241 Å². The van der Waals surface area contributed by atoms with Gasteiger partial charge in [0.15, 0.2) is 0 Å². The number of carboxylic acids is 1. The largest absolute Gasteiger partial charge is 0.489 e. The van der Waals surface area contributed by atoms with Crippen LogP contribution in [0, 0.1) is 5.92 Å². The minimum absolute atomic E-state index is 0.0611. The highest BCUT2D eigenvalue weighted by atomic mass is 16.6. The van der Waals surface area contributed by atoms with E-state index in [1.165, 1.54) is 0 Å². The Kier molecular flexibility index (Phi) is 7.97. The number of ether oxygens (including phenoxy) is 2. The van der Waals surface area contributed by atoms with Gasteiger partial charge in [-0.1, -0.05) is 79.6 Å². The van der Waals surface area contributed by atoms with Crippen molar-refractivity contribution in [3.05, 3.63) is 101 Å². The molecule has 4 aliphatic rings. The molecule has 3 aromatic rings. The SMILES string of the molecule is O=C(NC(c1ccccc1)c1cccc(OCc2ccc(C3(C(=O)O)CCCC3)cc2)c1)O[C@H]1CN2CCC1CC2. The molecular formula is C34H38N2O5. The van der Waals surface area contributed by atoms with Gasteiger partial charge in [0.05, 0.1) is 11.5 Å². The average molecular weight is 555 g/mol. The molecule has 7 rings (SSSR count). The molecule has 3 heterocycles. The Morgan fingerprint density at radius 1 is 0.927 bits per heavy atom. The molecule has 2 bridgehead atoms. The molecule has 1 amide bonds. The van der Waals surface area contributed by atoms with E-state index < -0.39 is 17.5 Å². The van der Waals surface area contributed by atoms with Crippen molar-refractivity contribution < 1.29 is 24.2 Å². The number of fused-ring (bicyclic) bond motifs is 3. The molecular weight excluding hydrogens is 516 g/mol. The van der Waals surface area contributed by atoms with Gasteiger partial charge in [0.25, 0.3) is 0 Å². The van der Waals surface area contributed by atoms with Crippen LogP contribution in [0.5, 0.6) is 5.75 Å². The summed E-state index contributed by atoms with van der Waals surface area (Å²) in [5.74, 6) is 0.405. The van der Waals surface area contributed by atoms with Gasteiger partial charge >= 0.3 is 12.1 Å². The van der Waals surface area contributed by atoms with Crippen LogP contribution in [0.2, 0.25) is 0 Å². The summed E-state index contributed by atoms with van der Waals surface area (Å²) in [7, 11) is 0. The summed E-state index contributed by atoms with van der Waals surface area (Å²) >= 11 is 0. The van der Waals surface area contributed by atoms with Crippen LogP contribution in [0.15, 0.2) is 78.9 Å². The van der Waals surface area contributed by atoms with Crippen molar-refractivity contribution in [1.29, 1.82) is 0 Å². The van der Waals surface area contributed by atoms with Gasteiger partial charge in [-0.25, -0.2) is 4.79 Å². The first-order valence-electron chi connectivity index (χ1n) is 14.8. The van der Waals surface area contributed by atoms with Gasteiger partial charge in [-0.15, -0.1) is 0 Å². The normalized spacial score (nSPS) is 23.5. The number of rotatable bonds is 9. The van der Waals surface area contributed by atoms with E-state index >= 15 is 0 Å². The molecule has 41 heavy (non-hydrogen) atoms. The highest BCUT2D eigenvalue weighted by Crippen LogP contribution is 2.41. The van der Waals surface area contributed by atoms with E-state index in [1.807, 2.05) is 78.9 Å². The van der Waals surface area contributed by atoms with Crippen molar-refractivity contribution in [3.63, 3.8) is 0 Å². The van der Waals surface area contributed by atoms with Crippen molar-refractivity contribution in [2.45, 2.75) is 62.7 Å². The maximum absolute atomic E-state index is 13.1. The summed E-state index contributed by atoms with van der Waals surface area (Å²) in [5, 5.41) is 13.0. The molecule has 0 radical (unpaired) electrons. The summed E-state index contributed by atoms with van der Waals surface area (Å²) in [4.78, 5) is 27.5. The molecule has 1 saturated carbocycles. The number of nitrogens with one attached hydrogen (secondary N) is 1. The predicted molar refractivity (Wildman–Crippen MR) is 156 cm³/mol. The molecule has 0 aromatic heterocycles. The molecule has 3 aliphatic heterocycles. The van der Waals surface area contributed by atoms with Crippen LogP contribution >= 0.6 is 0 Å². The van der Waals surface area contributed by atoms with Crippen LogP contribution in [0.1, 0.15) is 66.8 Å². The third-order valence-electron chi connectivity index (χ3n) is 9.22. The first kappa shape index (κ1) is 27.3. The number of hydrogen-bond acceptors (Lipinski definition) is 5. The molecule has 7 nitrogen and oxygen atoms in total. The Hall–Kier alpha value is -3.84. The summed E-state index contributed by atoms with van der Waals surface area (Å²) < 4.78 is 12.1. The Morgan fingerprint density at radius 3 is 2.29 bits per heavy atom. The maximum Gasteiger partial charge on any atom is 0.408 e. The van der Waals surface area contributed by atoms with Crippen LogP contribution in [0.25, 0.3) is 0 Å². The summed E-state index contributed by atoms with van der Waals surface area (Å²) in [6, 6.07) is 25.1. The Bertz CT molecular complexity index is 1350. The molecule has 2 N–H and O–H groups in total. The number of alkyl carbamates (subject to hydrolysis) is 1. The fourth-order valence-corrected chi connectivity index (χ4v) is 6.81. The van der Waals surface area contributed by atoms with Gasteiger partial charge in [0.2, 0.25) is 0 Å². The topological polar surface area (TPSA) is 88.1 Å². The second kappa shape index (κ2) is 12.0. The third-order valence-corrected chi connectivity index (χ3v) is 9.22. The molecule has 7 heteroatoms. The van der Waals surface area contributed by atoms with E-state index in [0.29, 0.717) is 31.1 Å². The van der Waals surface area contributed by atoms with Crippen LogP contribution in [0.4, 0.5) is 4.79 Å². The first-order chi connectivity index (χ1) is 20.0. The van der Waals surface area contributed by atoms with E-state index in [4.69, 9.17) is 9.47 Å².